The van der Waals surface area contributed by atoms with Gasteiger partial charge in [-0.3, -0.25) is 9.59 Å². The number of nitrogens with zero attached hydrogens (tertiary/aromatic N) is 1. The van der Waals surface area contributed by atoms with Crippen LogP contribution < -0.4 is 14.8 Å². The number of thiophene rings is 1. The van der Waals surface area contributed by atoms with E-state index in [1.54, 1.807) is 29.7 Å². The van der Waals surface area contributed by atoms with Gasteiger partial charge >= 0.3 is 5.97 Å². The number of amides is 2. The lowest BCUT2D eigenvalue weighted by Crippen LogP contribution is -2.74. The van der Waals surface area contributed by atoms with Gasteiger partial charge in [0.15, 0.2) is 17.5 Å². The van der Waals surface area contributed by atoms with Crippen molar-refractivity contribution in [1.29, 1.82) is 0 Å². The van der Waals surface area contributed by atoms with Crippen LogP contribution in [0.2, 0.25) is 15.1 Å². The van der Waals surface area contributed by atoms with Crippen LogP contribution in [0.15, 0.2) is 64.9 Å². The number of carbonyl (C=O) groups is 3. The first kappa shape index (κ1) is 27.7. The predicted octanol–water partition coefficient (Wildman–Crippen LogP) is 5.86. The molecule has 0 spiro atoms. The summed E-state index contributed by atoms with van der Waals surface area (Å²) in [5, 5.41) is 16.8. The average molecular weight is 626 g/mol. The SMILES string of the molecule is O=C(Cc1cccs1)NC1C(=O)N2C(C(=O)O)C(COc3cc(Cl)ccc3Oc3ccc(Cl)cc3Cl)=CS[C@H]12. The zero-order valence-electron chi connectivity index (χ0n) is 19.8. The van der Waals surface area contributed by atoms with Crippen LogP contribution in [0, 0.1) is 0 Å². The molecule has 0 saturated carbocycles. The van der Waals surface area contributed by atoms with E-state index in [9.17, 15) is 19.5 Å². The minimum Gasteiger partial charge on any atom is -0.485 e. The second kappa shape index (κ2) is 11.7. The molecule has 3 atom stereocenters. The summed E-state index contributed by atoms with van der Waals surface area (Å²) in [6, 6.07) is 11.1. The number of thioether (sulfide) groups is 1. The average Bonchev–Trinajstić information content (AvgIpc) is 3.41. The van der Waals surface area contributed by atoms with E-state index in [1.165, 1.54) is 40.1 Å². The highest BCUT2D eigenvalue weighted by Crippen LogP contribution is 2.42. The lowest BCUT2D eigenvalue weighted by atomic mass is 9.98. The molecular formula is C26H19Cl3N2O6S2. The van der Waals surface area contributed by atoms with Gasteiger partial charge in [-0.05, 0) is 47.2 Å². The van der Waals surface area contributed by atoms with Gasteiger partial charge in [0.2, 0.25) is 11.8 Å². The van der Waals surface area contributed by atoms with Gasteiger partial charge in [0.05, 0.1) is 11.4 Å². The first-order valence-corrected chi connectivity index (χ1v) is 14.4. The Morgan fingerprint density at radius 1 is 1.03 bits per heavy atom. The number of halogens is 3. The van der Waals surface area contributed by atoms with Crippen molar-refractivity contribution in [2.45, 2.75) is 23.9 Å². The number of hydrogen-bond donors (Lipinski definition) is 2. The maximum absolute atomic E-state index is 12.9. The molecule has 5 rings (SSSR count). The Bertz CT molecular complexity index is 1470. The Morgan fingerprint density at radius 3 is 2.46 bits per heavy atom. The maximum atomic E-state index is 12.9. The molecule has 2 unspecified atom stereocenters. The highest BCUT2D eigenvalue weighted by Gasteiger charge is 2.55. The summed E-state index contributed by atoms with van der Waals surface area (Å²) in [5.74, 6) is -1.08. The second-order valence-corrected chi connectivity index (χ2v) is 11.9. The number of aliphatic carboxylic acids is 1. The molecule has 8 nitrogen and oxygen atoms in total. The van der Waals surface area contributed by atoms with E-state index in [4.69, 9.17) is 44.3 Å². The number of carboxylic acid groups (broad SMARTS) is 1. The molecule has 1 aromatic heterocycles. The first-order valence-electron chi connectivity index (χ1n) is 11.5. The number of carbonyl (C=O) groups excluding carboxylic acids is 2. The largest absolute Gasteiger partial charge is 0.485 e. The molecule has 39 heavy (non-hydrogen) atoms. The van der Waals surface area contributed by atoms with Crippen molar-refractivity contribution in [3.8, 4) is 17.2 Å². The summed E-state index contributed by atoms with van der Waals surface area (Å²) < 4.78 is 11.8. The summed E-state index contributed by atoms with van der Waals surface area (Å²) in [4.78, 5) is 39.7. The number of hydrogen-bond acceptors (Lipinski definition) is 7. The minimum absolute atomic E-state index is 0.152. The van der Waals surface area contributed by atoms with Crippen molar-refractivity contribution in [3.05, 3.63) is 84.8 Å². The fraction of sp³-hybridized carbons (Fsp3) is 0.192. The van der Waals surface area contributed by atoms with Crippen molar-refractivity contribution in [3.63, 3.8) is 0 Å². The second-order valence-electron chi connectivity index (χ2n) is 8.56. The van der Waals surface area contributed by atoms with Crippen LogP contribution in [-0.4, -0.2) is 51.9 Å². The van der Waals surface area contributed by atoms with Crippen LogP contribution in [0.4, 0.5) is 0 Å². The van der Waals surface area contributed by atoms with Gasteiger partial charge in [0, 0.05) is 26.6 Å². The molecule has 3 aromatic rings. The smallest absolute Gasteiger partial charge is 0.330 e. The summed E-state index contributed by atoms with van der Waals surface area (Å²) in [5.41, 5.74) is 0.357. The first-order chi connectivity index (χ1) is 18.7. The van der Waals surface area contributed by atoms with Gasteiger partial charge in [-0.2, -0.15) is 0 Å². The van der Waals surface area contributed by atoms with E-state index in [1.807, 2.05) is 17.5 Å². The van der Waals surface area contributed by atoms with Crippen LogP contribution in [0.3, 0.4) is 0 Å². The van der Waals surface area contributed by atoms with Crippen molar-refractivity contribution in [1.82, 2.24) is 10.2 Å². The van der Waals surface area contributed by atoms with Crippen molar-refractivity contribution >= 4 is 75.7 Å². The minimum atomic E-state index is -1.25. The summed E-state index contributed by atoms with van der Waals surface area (Å²) in [6.45, 7) is -0.152. The Labute approximate surface area is 246 Å². The van der Waals surface area contributed by atoms with Crippen molar-refractivity contribution in [2.24, 2.45) is 0 Å². The van der Waals surface area contributed by atoms with Gasteiger partial charge in [0.1, 0.15) is 23.8 Å². The normalized spacial score (nSPS) is 20.0. The van der Waals surface area contributed by atoms with E-state index in [0.717, 1.165) is 4.88 Å². The van der Waals surface area contributed by atoms with Gasteiger partial charge in [-0.15, -0.1) is 23.1 Å². The molecule has 2 aliphatic heterocycles. The molecule has 1 saturated heterocycles. The lowest BCUT2D eigenvalue weighted by molar-refractivity contribution is -0.160. The third-order valence-electron chi connectivity index (χ3n) is 5.95. The predicted molar refractivity (Wildman–Crippen MR) is 151 cm³/mol. The quantitative estimate of drug-likeness (QED) is 0.287. The number of fused-ring (bicyclic) bond motifs is 1. The Balaban J connectivity index is 1.29. The molecule has 2 amide bonds. The van der Waals surface area contributed by atoms with E-state index >= 15 is 0 Å². The van der Waals surface area contributed by atoms with E-state index in [-0.39, 0.29) is 24.7 Å². The summed E-state index contributed by atoms with van der Waals surface area (Å²) in [6.07, 6.45) is 0.154. The molecule has 2 aromatic carbocycles. The molecular weight excluding hydrogens is 607 g/mol. The van der Waals surface area contributed by atoms with Crippen LogP contribution >= 0.6 is 57.9 Å². The number of carboxylic acids is 1. The third kappa shape index (κ3) is 6.00. The Morgan fingerprint density at radius 2 is 1.77 bits per heavy atom. The monoisotopic (exact) mass is 624 g/mol. The van der Waals surface area contributed by atoms with E-state index < -0.39 is 29.3 Å². The Hall–Kier alpha value is -2.89. The number of benzene rings is 2. The molecule has 3 heterocycles. The Kier molecular flexibility index (Phi) is 8.29. The molecule has 202 valence electrons. The van der Waals surface area contributed by atoms with Crippen molar-refractivity contribution < 1.29 is 29.0 Å². The van der Waals surface area contributed by atoms with Gasteiger partial charge < -0.3 is 24.8 Å². The number of rotatable bonds is 9. The lowest BCUT2D eigenvalue weighted by Gasteiger charge is -2.51. The zero-order chi connectivity index (χ0) is 27.7. The van der Waals surface area contributed by atoms with Gasteiger partial charge in [-0.1, -0.05) is 40.9 Å². The molecule has 1 fully saturated rings. The maximum Gasteiger partial charge on any atom is 0.330 e. The fourth-order valence-corrected chi connectivity index (χ4v) is 6.66. The summed E-state index contributed by atoms with van der Waals surface area (Å²) >= 11 is 21.1. The highest BCUT2D eigenvalue weighted by atomic mass is 35.5. The van der Waals surface area contributed by atoms with Crippen LogP contribution in [0.5, 0.6) is 17.2 Å². The van der Waals surface area contributed by atoms with E-state index in [0.29, 0.717) is 32.1 Å². The molecule has 2 N–H and O–H groups in total. The fourth-order valence-electron chi connectivity index (χ4n) is 4.14. The highest BCUT2D eigenvalue weighted by molar-refractivity contribution is 8.03. The molecule has 0 aliphatic carbocycles. The number of β-lactam (4-membered cyclic amide) rings is 1. The molecule has 2 aliphatic rings. The van der Waals surface area contributed by atoms with Crippen molar-refractivity contribution in [2.75, 3.05) is 6.61 Å². The van der Waals surface area contributed by atoms with Gasteiger partial charge in [0.25, 0.3) is 0 Å². The molecule has 0 bridgehead atoms. The van der Waals surface area contributed by atoms with Crippen LogP contribution in [-0.2, 0) is 20.8 Å². The summed E-state index contributed by atoms with van der Waals surface area (Å²) in [7, 11) is 0. The van der Waals surface area contributed by atoms with E-state index in [2.05, 4.69) is 5.32 Å². The van der Waals surface area contributed by atoms with Crippen LogP contribution in [0.1, 0.15) is 4.88 Å². The van der Waals surface area contributed by atoms with Crippen LogP contribution in [0.25, 0.3) is 0 Å². The molecule has 13 heteroatoms. The standard InChI is InChI=1S/C26H19Cl3N2O6S2/c27-14-3-5-18(17(29)8-14)37-19-6-4-15(28)9-20(19)36-11-13-12-39-25-22(24(33)31(25)23(13)26(34)35)30-21(32)10-16-2-1-7-38-16/h1-9,12,22-23,25H,10-11H2,(H,30,32)(H,34,35)/t22?,23?,25-/m1/s1. The topological polar surface area (TPSA) is 105 Å². The molecule has 0 radical (unpaired) electrons. The number of nitrogens with one attached hydrogen (secondary N) is 1. The zero-order valence-corrected chi connectivity index (χ0v) is 23.7. The van der Waals surface area contributed by atoms with Gasteiger partial charge in [-0.25, -0.2) is 4.79 Å². The third-order valence-corrected chi connectivity index (χ3v) is 8.81. The number of ether oxygens (including phenoxy) is 2.